The normalized spacial score (nSPS) is 22.3. The summed E-state index contributed by atoms with van der Waals surface area (Å²) in [7, 11) is 0. The van der Waals surface area contributed by atoms with Crippen LogP contribution >= 0.6 is 0 Å². The van der Waals surface area contributed by atoms with Gasteiger partial charge in [-0.05, 0) is 74.9 Å². The number of alkyl halides is 3. The molecule has 3 fully saturated rings. The summed E-state index contributed by atoms with van der Waals surface area (Å²) in [6.45, 7) is 0.214. The predicted molar refractivity (Wildman–Crippen MR) is 142 cm³/mol. The molecule has 3 atom stereocenters. The zero-order chi connectivity index (χ0) is 28.1. The molecule has 8 nitrogen and oxygen atoms in total. The molecule has 3 aliphatic rings. The highest BCUT2D eigenvalue weighted by Gasteiger charge is 2.42. The van der Waals surface area contributed by atoms with Crippen molar-refractivity contribution in [2.75, 3.05) is 4.90 Å². The average molecular weight is 568 g/mol. The highest BCUT2D eigenvalue weighted by atomic mass is 19.4. The Morgan fingerprint density at radius 2 is 1.73 bits per heavy atom. The van der Waals surface area contributed by atoms with Crippen molar-refractivity contribution in [1.29, 1.82) is 0 Å². The summed E-state index contributed by atoms with van der Waals surface area (Å²) >= 11 is 0. The number of ether oxygens (including phenoxy) is 2. The van der Waals surface area contributed by atoms with E-state index in [1.807, 2.05) is 12.1 Å². The van der Waals surface area contributed by atoms with Gasteiger partial charge >= 0.3 is 6.36 Å². The molecule has 2 aliphatic heterocycles. The van der Waals surface area contributed by atoms with E-state index >= 15 is 0 Å². The van der Waals surface area contributed by atoms with E-state index in [9.17, 15) is 18.0 Å². The summed E-state index contributed by atoms with van der Waals surface area (Å²) in [5.41, 5.74) is 2.95. The molecule has 11 heteroatoms. The zero-order valence-corrected chi connectivity index (χ0v) is 22.0. The Morgan fingerprint density at radius 3 is 2.39 bits per heavy atom. The molecule has 1 saturated carbocycles. The van der Waals surface area contributed by atoms with Crippen molar-refractivity contribution in [3.8, 4) is 28.3 Å². The fourth-order valence-corrected chi connectivity index (χ4v) is 6.32. The van der Waals surface area contributed by atoms with Crippen LogP contribution in [0.4, 0.5) is 18.9 Å². The number of rotatable bonds is 8. The highest BCUT2D eigenvalue weighted by molar-refractivity contribution is 5.70. The van der Waals surface area contributed by atoms with Gasteiger partial charge in [-0.1, -0.05) is 17.3 Å². The van der Waals surface area contributed by atoms with Crippen molar-refractivity contribution in [3.05, 3.63) is 76.3 Å². The van der Waals surface area contributed by atoms with Crippen molar-refractivity contribution < 1.29 is 31.7 Å². The van der Waals surface area contributed by atoms with Crippen LogP contribution in [0.2, 0.25) is 0 Å². The van der Waals surface area contributed by atoms with Crippen LogP contribution in [0.15, 0.2) is 68.4 Å². The summed E-state index contributed by atoms with van der Waals surface area (Å²) in [5, 5.41) is 6.51. The molecule has 2 saturated heterocycles. The first-order valence-corrected chi connectivity index (χ1v) is 13.8. The summed E-state index contributed by atoms with van der Waals surface area (Å²) in [5.74, 6) is 1.10. The molecule has 4 heterocycles. The highest BCUT2D eigenvalue weighted by Crippen LogP contribution is 2.46. The van der Waals surface area contributed by atoms with Gasteiger partial charge in [0.2, 0.25) is 0 Å². The van der Waals surface area contributed by atoms with Crippen LogP contribution in [0, 0.1) is 0 Å². The second kappa shape index (κ2) is 10.1. The maximum Gasteiger partial charge on any atom is 0.573 e. The van der Waals surface area contributed by atoms with Gasteiger partial charge in [0.25, 0.3) is 5.56 Å². The number of para-hydroxylation sites is 1. The molecule has 41 heavy (non-hydrogen) atoms. The van der Waals surface area contributed by atoms with Gasteiger partial charge in [0.05, 0.1) is 18.8 Å². The number of anilines is 1. The minimum absolute atomic E-state index is 0.00799. The Balaban J connectivity index is 1.07. The molecule has 0 amide bonds. The number of hydrogen-bond donors (Lipinski definition) is 1. The lowest BCUT2D eigenvalue weighted by Gasteiger charge is -2.40. The largest absolute Gasteiger partial charge is 0.573 e. The first kappa shape index (κ1) is 25.9. The first-order valence-electron chi connectivity index (χ1n) is 13.8. The lowest BCUT2D eigenvalue weighted by molar-refractivity contribution is -0.274. The number of H-pyrrole nitrogens is 1. The first-order chi connectivity index (χ1) is 19.8. The Labute approximate surface area is 233 Å². The third-order valence-electron chi connectivity index (χ3n) is 8.26. The van der Waals surface area contributed by atoms with Crippen LogP contribution < -0.4 is 15.2 Å². The number of nitrogens with zero attached hydrogens (tertiary/aromatic N) is 2. The van der Waals surface area contributed by atoms with Crippen LogP contribution in [-0.4, -0.2) is 34.9 Å². The number of benzene rings is 2. The Morgan fingerprint density at radius 1 is 1.00 bits per heavy atom. The van der Waals surface area contributed by atoms with Gasteiger partial charge in [0.15, 0.2) is 5.76 Å². The molecule has 214 valence electrons. The fourth-order valence-electron chi connectivity index (χ4n) is 6.32. The predicted octanol–water partition coefficient (Wildman–Crippen LogP) is 6.78. The molecule has 0 spiro atoms. The molecule has 7 rings (SSSR count). The third kappa shape index (κ3) is 5.26. The zero-order valence-electron chi connectivity index (χ0n) is 22.0. The maximum atomic E-state index is 13.1. The second-order valence-electron chi connectivity index (χ2n) is 11.0. The van der Waals surface area contributed by atoms with Crippen molar-refractivity contribution >= 4 is 5.69 Å². The SMILES string of the molecule is O=c1cc(-c2ccc(N3[C@@H]4CC[C@H]3CC(OCc3c(-c5ccccc5OC(F)(F)F)noc3C3CC3)C4)cc2)o[nH]1. The van der Waals surface area contributed by atoms with Gasteiger partial charge in [-0.3, -0.25) is 4.79 Å². The van der Waals surface area contributed by atoms with Crippen molar-refractivity contribution in [3.63, 3.8) is 0 Å². The molecular weight excluding hydrogens is 539 g/mol. The summed E-state index contributed by atoms with van der Waals surface area (Å²) in [6.07, 6.45) is 0.922. The van der Waals surface area contributed by atoms with Crippen molar-refractivity contribution in [2.45, 2.75) is 75.6 Å². The third-order valence-corrected chi connectivity index (χ3v) is 8.26. The van der Waals surface area contributed by atoms with E-state index in [2.05, 4.69) is 32.1 Å². The van der Waals surface area contributed by atoms with Crippen molar-refractivity contribution in [2.24, 2.45) is 0 Å². The number of nitrogens with one attached hydrogen (secondary N) is 1. The molecular formula is C30H28F3N3O5. The van der Waals surface area contributed by atoms with Crippen LogP contribution in [0.1, 0.15) is 55.8 Å². The number of halogens is 3. The molecule has 2 bridgehead atoms. The molecule has 2 aromatic carbocycles. The molecule has 1 aliphatic carbocycles. The summed E-state index contributed by atoms with van der Waals surface area (Å²) in [4.78, 5) is 13.9. The van der Waals surface area contributed by atoms with E-state index in [1.165, 1.54) is 18.2 Å². The van der Waals surface area contributed by atoms with Gasteiger partial charge in [-0.15, -0.1) is 13.2 Å². The van der Waals surface area contributed by atoms with Crippen LogP contribution in [-0.2, 0) is 11.3 Å². The van der Waals surface area contributed by atoms with Crippen LogP contribution in [0.5, 0.6) is 5.75 Å². The van der Waals surface area contributed by atoms with Gasteiger partial charge in [0.1, 0.15) is 17.2 Å². The second-order valence-corrected chi connectivity index (χ2v) is 11.0. The lowest BCUT2D eigenvalue weighted by Crippen LogP contribution is -2.45. The van der Waals surface area contributed by atoms with Crippen LogP contribution in [0.3, 0.4) is 0 Å². The Kier molecular flexibility index (Phi) is 6.41. The minimum Gasteiger partial charge on any atom is -0.405 e. The number of hydrogen-bond acceptors (Lipinski definition) is 7. The van der Waals surface area contributed by atoms with E-state index in [1.54, 1.807) is 12.1 Å². The number of aromatic amines is 1. The fraction of sp³-hybridized carbons (Fsp3) is 0.400. The maximum absolute atomic E-state index is 13.1. The van der Waals surface area contributed by atoms with E-state index in [-0.39, 0.29) is 35.5 Å². The number of fused-ring (bicyclic) bond motifs is 2. The van der Waals surface area contributed by atoms with Gasteiger partial charge < -0.3 is 23.4 Å². The van der Waals surface area contributed by atoms with Crippen molar-refractivity contribution in [1.82, 2.24) is 10.3 Å². The quantitative estimate of drug-likeness (QED) is 0.251. The van der Waals surface area contributed by atoms with Gasteiger partial charge in [-0.25, -0.2) is 0 Å². The average Bonchev–Trinajstić information content (AvgIpc) is 3.46. The molecule has 0 radical (unpaired) electrons. The lowest BCUT2D eigenvalue weighted by atomic mass is 9.98. The topological polar surface area (TPSA) is 93.7 Å². The minimum atomic E-state index is -4.82. The molecule has 1 N–H and O–H groups in total. The van der Waals surface area contributed by atoms with E-state index < -0.39 is 6.36 Å². The summed E-state index contributed by atoms with van der Waals surface area (Å²) < 4.78 is 60.9. The Bertz CT molecular complexity index is 1570. The molecule has 4 aromatic rings. The summed E-state index contributed by atoms with van der Waals surface area (Å²) in [6, 6.07) is 16.1. The Hall–Kier alpha value is -3.99. The number of aromatic nitrogens is 2. The van der Waals surface area contributed by atoms with Crippen LogP contribution in [0.25, 0.3) is 22.6 Å². The van der Waals surface area contributed by atoms with E-state index in [0.717, 1.165) is 49.8 Å². The van der Waals surface area contributed by atoms with Gasteiger partial charge in [-0.2, -0.15) is 5.16 Å². The van der Waals surface area contributed by atoms with E-state index in [0.29, 0.717) is 34.9 Å². The standard InChI is InChI=1S/C30H28F3N3O5/c31-30(32,33)39-25-4-2-1-3-23(25)28-24(29(41-35-28)18-5-6-18)16-38-22-13-20-11-12-21(14-22)36(20)19-9-7-17(8-10-19)26-15-27(37)34-40-26/h1-4,7-10,15,18,20-22H,5-6,11-14,16H2,(H,34,37)/t20-,21+,22?. The van der Waals surface area contributed by atoms with E-state index in [4.69, 9.17) is 13.8 Å². The monoisotopic (exact) mass is 567 g/mol. The molecule has 2 aromatic heterocycles. The van der Waals surface area contributed by atoms with Gasteiger partial charge in [0, 0.05) is 40.4 Å². The number of piperidine rings is 1. The molecule has 1 unspecified atom stereocenters. The smallest absolute Gasteiger partial charge is 0.405 e.